The molecule has 0 spiro atoms. The van der Waals surface area contributed by atoms with Crippen LogP contribution in [0.5, 0.6) is 0 Å². The lowest BCUT2D eigenvalue weighted by molar-refractivity contribution is -0.118. The van der Waals surface area contributed by atoms with Crippen molar-refractivity contribution in [2.45, 2.75) is 50.7 Å². The maximum absolute atomic E-state index is 12.6. The van der Waals surface area contributed by atoms with Crippen LogP contribution in [0.2, 0.25) is 0 Å². The lowest BCUT2D eigenvalue weighted by atomic mass is 9.99. The quantitative estimate of drug-likeness (QED) is 0.714. The van der Waals surface area contributed by atoms with Crippen molar-refractivity contribution in [2.75, 3.05) is 47.8 Å². The molecule has 4 aliphatic rings. The zero-order valence-electron chi connectivity index (χ0n) is 19.5. The van der Waals surface area contributed by atoms with Gasteiger partial charge in [0.05, 0.1) is 5.69 Å². The molecule has 8 nitrogen and oxygen atoms in total. The summed E-state index contributed by atoms with van der Waals surface area (Å²) in [4.78, 5) is 36.5. The molecule has 178 valence electrons. The Kier molecular flexibility index (Phi) is 5.61. The van der Waals surface area contributed by atoms with Crippen molar-refractivity contribution < 1.29 is 9.59 Å². The first kappa shape index (κ1) is 21.4. The van der Waals surface area contributed by atoms with E-state index in [0.717, 1.165) is 99.7 Å². The molecule has 2 aromatic rings. The Morgan fingerprint density at radius 3 is 2.59 bits per heavy atom. The highest BCUT2D eigenvalue weighted by atomic mass is 16.2. The molecule has 1 atom stereocenters. The first-order valence-corrected chi connectivity index (χ1v) is 12.6. The molecule has 1 saturated carbocycles. The SMILES string of the molecule is O=C(NC1CC1)c1ccc(N2CCN(Cc3cnc4c(c3)NC(=O)C3CCCCN43)CC2)cc1. The fourth-order valence-corrected chi connectivity index (χ4v) is 5.32. The van der Waals surface area contributed by atoms with E-state index in [4.69, 9.17) is 4.98 Å². The summed E-state index contributed by atoms with van der Waals surface area (Å²) >= 11 is 0. The molecule has 1 aromatic carbocycles. The third-order valence-corrected chi connectivity index (χ3v) is 7.44. The number of rotatable bonds is 5. The predicted molar refractivity (Wildman–Crippen MR) is 132 cm³/mol. The molecule has 3 fully saturated rings. The maximum atomic E-state index is 12.6. The normalized spacial score (nSPS) is 22.6. The van der Waals surface area contributed by atoms with E-state index in [1.807, 2.05) is 18.3 Å². The van der Waals surface area contributed by atoms with Gasteiger partial charge in [-0.1, -0.05) is 0 Å². The molecule has 1 aliphatic carbocycles. The summed E-state index contributed by atoms with van der Waals surface area (Å²) in [6.45, 7) is 5.54. The van der Waals surface area contributed by atoms with Crippen LogP contribution in [-0.2, 0) is 11.3 Å². The van der Waals surface area contributed by atoms with Gasteiger partial charge in [0, 0.05) is 62.8 Å². The molecule has 1 unspecified atom stereocenters. The van der Waals surface area contributed by atoms with Crippen LogP contribution in [0.1, 0.15) is 48.0 Å². The summed E-state index contributed by atoms with van der Waals surface area (Å²) in [5.74, 6) is 1.06. The largest absolute Gasteiger partial charge is 0.369 e. The highest BCUT2D eigenvalue weighted by Gasteiger charge is 2.35. The Balaban J connectivity index is 1.05. The van der Waals surface area contributed by atoms with Gasteiger partial charge < -0.3 is 20.4 Å². The molecule has 34 heavy (non-hydrogen) atoms. The van der Waals surface area contributed by atoms with Crippen LogP contribution in [0.25, 0.3) is 0 Å². The standard InChI is InChI=1S/C26H32N6O2/c33-25(28-20-6-7-20)19-4-8-21(9-5-19)31-13-11-30(12-14-31)17-18-15-22-24(27-16-18)32-10-2-1-3-23(32)26(34)29-22/h4-5,8-9,15-16,20,23H,1-3,6-7,10-14,17H2,(H,28,33)(H,29,34). The van der Waals surface area contributed by atoms with Crippen molar-refractivity contribution in [3.05, 3.63) is 47.7 Å². The number of carbonyl (C=O) groups is 2. The van der Waals surface area contributed by atoms with E-state index < -0.39 is 0 Å². The van der Waals surface area contributed by atoms with Gasteiger partial charge in [0.2, 0.25) is 5.91 Å². The third kappa shape index (κ3) is 4.34. The summed E-state index contributed by atoms with van der Waals surface area (Å²) in [6.07, 6.45) is 7.31. The Labute approximate surface area is 200 Å². The van der Waals surface area contributed by atoms with E-state index in [9.17, 15) is 9.59 Å². The van der Waals surface area contributed by atoms with Crippen LogP contribution in [0.3, 0.4) is 0 Å². The van der Waals surface area contributed by atoms with E-state index in [2.05, 4.69) is 43.5 Å². The molecule has 8 heteroatoms. The number of fused-ring (bicyclic) bond motifs is 3. The number of carbonyl (C=O) groups excluding carboxylic acids is 2. The predicted octanol–water partition coefficient (Wildman–Crippen LogP) is 2.61. The molecule has 3 aliphatic heterocycles. The fraction of sp³-hybridized carbons (Fsp3) is 0.500. The molecule has 0 bridgehead atoms. The number of piperidine rings is 1. The number of aromatic nitrogens is 1. The summed E-state index contributed by atoms with van der Waals surface area (Å²) < 4.78 is 0. The second-order valence-corrected chi connectivity index (χ2v) is 9.97. The average molecular weight is 461 g/mol. The number of nitrogens with one attached hydrogen (secondary N) is 2. The lowest BCUT2D eigenvalue weighted by Crippen LogP contribution is -2.51. The van der Waals surface area contributed by atoms with E-state index in [-0.39, 0.29) is 17.9 Å². The van der Waals surface area contributed by atoms with Crippen LogP contribution in [-0.4, -0.2) is 66.5 Å². The van der Waals surface area contributed by atoms with E-state index in [0.29, 0.717) is 6.04 Å². The van der Waals surface area contributed by atoms with E-state index >= 15 is 0 Å². The van der Waals surface area contributed by atoms with Gasteiger partial charge in [0.15, 0.2) is 5.82 Å². The van der Waals surface area contributed by atoms with Crippen molar-refractivity contribution in [2.24, 2.45) is 0 Å². The Morgan fingerprint density at radius 2 is 1.82 bits per heavy atom. The number of nitrogens with zero attached hydrogens (tertiary/aromatic N) is 4. The van der Waals surface area contributed by atoms with E-state index in [1.165, 1.54) is 0 Å². The number of amides is 2. The lowest BCUT2D eigenvalue weighted by Gasteiger charge is -2.40. The van der Waals surface area contributed by atoms with Gasteiger partial charge in [0.25, 0.3) is 5.91 Å². The minimum atomic E-state index is -0.0608. The van der Waals surface area contributed by atoms with Crippen LogP contribution >= 0.6 is 0 Å². The van der Waals surface area contributed by atoms with E-state index in [1.54, 1.807) is 0 Å². The molecule has 6 rings (SSSR count). The molecule has 1 aromatic heterocycles. The molecule has 2 saturated heterocycles. The van der Waals surface area contributed by atoms with Crippen molar-refractivity contribution >= 4 is 29.0 Å². The van der Waals surface area contributed by atoms with Crippen LogP contribution in [0.4, 0.5) is 17.2 Å². The second-order valence-electron chi connectivity index (χ2n) is 9.97. The number of pyridine rings is 1. The van der Waals surface area contributed by atoms with Crippen molar-refractivity contribution in [1.82, 2.24) is 15.2 Å². The molecule has 2 amide bonds. The van der Waals surface area contributed by atoms with Gasteiger partial charge >= 0.3 is 0 Å². The van der Waals surface area contributed by atoms with Gasteiger partial charge in [-0.2, -0.15) is 0 Å². The highest BCUT2D eigenvalue weighted by molar-refractivity contribution is 6.03. The van der Waals surface area contributed by atoms with Gasteiger partial charge in [-0.15, -0.1) is 0 Å². The Hall–Kier alpha value is -3.13. The number of anilines is 3. The Bertz CT molecular complexity index is 1080. The van der Waals surface area contributed by atoms with Crippen molar-refractivity contribution in [3.8, 4) is 0 Å². The summed E-state index contributed by atoms with van der Waals surface area (Å²) in [5, 5.41) is 6.14. The minimum Gasteiger partial charge on any atom is -0.369 e. The fourth-order valence-electron chi connectivity index (χ4n) is 5.32. The summed E-state index contributed by atoms with van der Waals surface area (Å²) in [5.41, 5.74) is 3.88. The highest BCUT2D eigenvalue weighted by Crippen LogP contribution is 2.34. The zero-order valence-corrected chi connectivity index (χ0v) is 19.5. The van der Waals surface area contributed by atoms with Crippen LogP contribution in [0.15, 0.2) is 36.5 Å². The zero-order chi connectivity index (χ0) is 23.1. The molecule has 4 heterocycles. The third-order valence-electron chi connectivity index (χ3n) is 7.44. The number of hydrogen-bond acceptors (Lipinski definition) is 6. The topological polar surface area (TPSA) is 80.8 Å². The number of hydrogen-bond donors (Lipinski definition) is 2. The van der Waals surface area contributed by atoms with Crippen molar-refractivity contribution in [3.63, 3.8) is 0 Å². The van der Waals surface area contributed by atoms with Gasteiger partial charge in [-0.25, -0.2) is 4.98 Å². The summed E-state index contributed by atoms with van der Waals surface area (Å²) in [7, 11) is 0. The molecular formula is C26H32N6O2. The van der Waals surface area contributed by atoms with Gasteiger partial charge in [0.1, 0.15) is 6.04 Å². The van der Waals surface area contributed by atoms with Crippen molar-refractivity contribution in [1.29, 1.82) is 0 Å². The maximum Gasteiger partial charge on any atom is 0.251 e. The number of benzene rings is 1. The van der Waals surface area contributed by atoms with Crippen LogP contribution < -0.4 is 20.4 Å². The molecule has 2 N–H and O–H groups in total. The first-order valence-electron chi connectivity index (χ1n) is 12.6. The van der Waals surface area contributed by atoms with Gasteiger partial charge in [-0.3, -0.25) is 14.5 Å². The van der Waals surface area contributed by atoms with Crippen LogP contribution in [0, 0.1) is 0 Å². The average Bonchev–Trinajstić information content (AvgIpc) is 3.69. The summed E-state index contributed by atoms with van der Waals surface area (Å²) in [6, 6.07) is 10.4. The Morgan fingerprint density at radius 1 is 1.03 bits per heavy atom. The first-order chi connectivity index (χ1) is 16.6. The van der Waals surface area contributed by atoms with Gasteiger partial charge in [-0.05, 0) is 68.0 Å². The molecular weight excluding hydrogens is 428 g/mol. The second kappa shape index (κ2) is 8.91. The monoisotopic (exact) mass is 460 g/mol. The minimum absolute atomic E-state index is 0.0320. The number of piperazine rings is 1. The smallest absolute Gasteiger partial charge is 0.251 e. The molecule has 0 radical (unpaired) electrons.